The van der Waals surface area contributed by atoms with Crippen molar-refractivity contribution in [3.05, 3.63) is 22.4 Å². The third kappa shape index (κ3) is 1.60. The van der Waals surface area contributed by atoms with Crippen LogP contribution in [0, 0.1) is 0 Å². The molecule has 0 radical (unpaired) electrons. The number of halogens is 1. The Kier molecular flexibility index (Phi) is 2.43. The quantitative estimate of drug-likeness (QED) is 0.808. The summed E-state index contributed by atoms with van der Waals surface area (Å²) < 4.78 is 5.92. The Morgan fingerprint density at radius 1 is 1.57 bits per heavy atom. The van der Waals surface area contributed by atoms with Gasteiger partial charge in [0.2, 0.25) is 0 Å². The van der Waals surface area contributed by atoms with E-state index in [0.717, 1.165) is 21.3 Å². The fourth-order valence-corrected chi connectivity index (χ4v) is 1.84. The first-order chi connectivity index (χ1) is 6.70. The molecule has 1 aromatic carbocycles. The van der Waals surface area contributed by atoms with Crippen LogP contribution in [0.3, 0.4) is 0 Å². The van der Waals surface area contributed by atoms with Crippen LogP contribution in [0.4, 0.5) is 5.69 Å². The lowest BCUT2D eigenvalue weighted by Gasteiger charge is -1.94. The van der Waals surface area contributed by atoms with E-state index in [9.17, 15) is 0 Å². The second-order valence-corrected chi connectivity index (χ2v) is 3.92. The number of benzene rings is 1. The number of imidazole rings is 1. The summed E-state index contributed by atoms with van der Waals surface area (Å²) in [7, 11) is 1.63. The molecule has 0 aliphatic rings. The largest absolute Gasteiger partial charge is 0.397 e. The highest BCUT2D eigenvalue weighted by atomic mass is 79.9. The summed E-state index contributed by atoms with van der Waals surface area (Å²) in [6.45, 7) is 0.464. The summed E-state index contributed by atoms with van der Waals surface area (Å²) >= 11 is 3.37. The molecule has 0 bridgehead atoms. The Morgan fingerprint density at radius 2 is 2.36 bits per heavy atom. The van der Waals surface area contributed by atoms with Gasteiger partial charge in [-0.15, -0.1) is 0 Å². The minimum absolute atomic E-state index is 0.464. The van der Waals surface area contributed by atoms with Gasteiger partial charge in [-0.05, 0) is 12.1 Å². The summed E-state index contributed by atoms with van der Waals surface area (Å²) in [5, 5.41) is 0. The zero-order valence-corrected chi connectivity index (χ0v) is 9.26. The number of hydrogen-bond acceptors (Lipinski definition) is 3. The van der Waals surface area contributed by atoms with Crippen LogP contribution < -0.4 is 5.73 Å². The van der Waals surface area contributed by atoms with Gasteiger partial charge in [0.25, 0.3) is 0 Å². The van der Waals surface area contributed by atoms with Gasteiger partial charge >= 0.3 is 0 Å². The number of aromatic amines is 1. The van der Waals surface area contributed by atoms with E-state index in [-0.39, 0.29) is 0 Å². The fraction of sp³-hybridized carbons (Fsp3) is 0.222. The van der Waals surface area contributed by atoms with Crippen LogP contribution >= 0.6 is 15.9 Å². The van der Waals surface area contributed by atoms with Crippen LogP contribution in [0.2, 0.25) is 0 Å². The second kappa shape index (κ2) is 3.59. The number of aromatic nitrogens is 2. The molecule has 1 aromatic heterocycles. The lowest BCUT2D eigenvalue weighted by Crippen LogP contribution is -1.89. The molecule has 0 saturated heterocycles. The van der Waals surface area contributed by atoms with Gasteiger partial charge in [0.05, 0.1) is 11.2 Å². The van der Waals surface area contributed by atoms with Gasteiger partial charge in [0.1, 0.15) is 17.9 Å². The van der Waals surface area contributed by atoms with E-state index < -0.39 is 0 Å². The lowest BCUT2D eigenvalue weighted by atomic mass is 10.3. The van der Waals surface area contributed by atoms with Crippen LogP contribution in [-0.4, -0.2) is 17.1 Å². The number of ether oxygens (including phenoxy) is 1. The summed E-state index contributed by atoms with van der Waals surface area (Å²) in [5.74, 6) is 0.785. The molecule has 0 atom stereocenters. The molecule has 0 spiro atoms. The van der Waals surface area contributed by atoms with Crippen molar-refractivity contribution in [2.75, 3.05) is 12.8 Å². The summed E-state index contributed by atoms with van der Waals surface area (Å²) in [6, 6.07) is 3.78. The molecule has 0 unspecified atom stereocenters. The molecule has 5 heteroatoms. The normalized spacial score (nSPS) is 11.0. The Bertz CT molecular complexity index is 466. The predicted molar refractivity (Wildman–Crippen MR) is 58.9 cm³/mol. The zero-order chi connectivity index (χ0) is 10.1. The molecule has 0 aliphatic carbocycles. The lowest BCUT2D eigenvalue weighted by molar-refractivity contribution is 0.179. The maximum Gasteiger partial charge on any atom is 0.133 e. The number of anilines is 1. The maximum absolute atomic E-state index is 5.81. The highest BCUT2D eigenvalue weighted by Crippen LogP contribution is 2.24. The number of nitrogens with one attached hydrogen (secondary N) is 1. The van der Waals surface area contributed by atoms with Gasteiger partial charge < -0.3 is 15.5 Å². The van der Waals surface area contributed by atoms with Gasteiger partial charge in [-0.2, -0.15) is 0 Å². The first-order valence-corrected chi connectivity index (χ1v) is 4.92. The highest BCUT2D eigenvalue weighted by molar-refractivity contribution is 9.10. The zero-order valence-electron chi connectivity index (χ0n) is 7.67. The van der Waals surface area contributed by atoms with E-state index in [0.29, 0.717) is 12.3 Å². The number of hydrogen-bond donors (Lipinski definition) is 2. The van der Waals surface area contributed by atoms with Gasteiger partial charge in [0, 0.05) is 11.6 Å². The number of rotatable bonds is 2. The molecule has 1 heterocycles. The monoisotopic (exact) mass is 255 g/mol. The standard InChI is InChI=1S/C9H10BrN3O/c1-14-4-8-12-7-3-5(10)2-6(11)9(7)13-8/h2-3H,4,11H2,1H3,(H,12,13). The molecule has 0 aliphatic heterocycles. The smallest absolute Gasteiger partial charge is 0.133 e. The van der Waals surface area contributed by atoms with Crippen LogP contribution in [0.5, 0.6) is 0 Å². The molecule has 0 saturated carbocycles. The highest BCUT2D eigenvalue weighted by Gasteiger charge is 2.06. The average Bonchev–Trinajstić information content (AvgIpc) is 2.48. The predicted octanol–water partition coefficient (Wildman–Crippen LogP) is 2.05. The number of nitrogens with two attached hydrogens (primary N) is 1. The van der Waals surface area contributed by atoms with Crippen molar-refractivity contribution in [2.24, 2.45) is 0 Å². The van der Waals surface area contributed by atoms with Gasteiger partial charge in [0.15, 0.2) is 0 Å². The molecular weight excluding hydrogens is 246 g/mol. The van der Waals surface area contributed by atoms with E-state index in [1.807, 2.05) is 12.1 Å². The van der Waals surface area contributed by atoms with Crippen molar-refractivity contribution in [1.82, 2.24) is 9.97 Å². The van der Waals surface area contributed by atoms with E-state index in [2.05, 4.69) is 25.9 Å². The summed E-state index contributed by atoms with van der Waals surface area (Å²) in [5.41, 5.74) is 8.19. The SMILES string of the molecule is COCc1nc2c(N)cc(Br)cc2[nH]1. The van der Waals surface area contributed by atoms with E-state index in [1.165, 1.54) is 0 Å². The maximum atomic E-state index is 5.81. The van der Waals surface area contributed by atoms with Crippen LogP contribution in [-0.2, 0) is 11.3 Å². The van der Waals surface area contributed by atoms with Crippen molar-refractivity contribution < 1.29 is 4.74 Å². The minimum Gasteiger partial charge on any atom is -0.397 e. The van der Waals surface area contributed by atoms with E-state index in [4.69, 9.17) is 10.5 Å². The Labute approximate surface area is 89.6 Å². The van der Waals surface area contributed by atoms with Gasteiger partial charge in [-0.3, -0.25) is 0 Å². The molecule has 14 heavy (non-hydrogen) atoms. The molecule has 2 rings (SSSR count). The molecule has 74 valence electrons. The molecule has 3 N–H and O–H groups in total. The summed E-state index contributed by atoms with van der Waals surface area (Å²) in [4.78, 5) is 7.45. The first kappa shape index (κ1) is 9.48. The van der Waals surface area contributed by atoms with Crippen LogP contribution in [0.25, 0.3) is 11.0 Å². The molecule has 0 amide bonds. The Morgan fingerprint density at radius 3 is 3.07 bits per heavy atom. The van der Waals surface area contributed by atoms with Crippen molar-refractivity contribution in [2.45, 2.75) is 6.61 Å². The third-order valence-electron chi connectivity index (χ3n) is 1.91. The van der Waals surface area contributed by atoms with Crippen molar-refractivity contribution in [3.63, 3.8) is 0 Å². The number of nitrogens with zero attached hydrogens (tertiary/aromatic N) is 1. The third-order valence-corrected chi connectivity index (χ3v) is 2.37. The fourth-order valence-electron chi connectivity index (χ4n) is 1.36. The molecule has 2 aromatic rings. The van der Waals surface area contributed by atoms with Gasteiger partial charge in [-0.25, -0.2) is 4.98 Å². The number of H-pyrrole nitrogens is 1. The average molecular weight is 256 g/mol. The van der Waals surface area contributed by atoms with Crippen LogP contribution in [0.15, 0.2) is 16.6 Å². The van der Waals surface area contributed by atoms with E-state index >= 15 is 0 Å². The Balaban J connectivity index is 2.58. The second-order valence-electron chi connectivity index (χ2n) is 3.01. The first-order valence-electron chi connectivity index (χ1n) is 4.13. The molecule has 0 fully saturated rings. The molecular formula is C9H10BrN3O. The molecule has 4 nitrogen and oxygen atoms in total. The number of methoxy groups -OCH3 is 1. The summed E-state index contributed by atoms with van der Waals surface area (Å²) in [6.07, 6.45) is 0. The van der Waals surface area contributed by atoms with Gasteiger partial charge in [-0.1, -0.05) is 15.9 Å². The minimum atomic E-state index is 0.464. The van der Waals surface area contributed by atoms with Crippen molar-refractivity contribution in [1.29, 1.82) is 0 Å². The Hall–Kier alpha value is -1.07. The van der Waals surface area contributed by atoms with Crippen LogP contribution in [0.1, 0.15) is 5.82 Å². The van der Waals surface area contributed by atoms with E-state index in [1.54, 1.807) is 7.11 Å². The van der Waals surface area contributed by atoms with Crippen molar-refractivity contribution >= 4 is 32.7 Å². The number of fused-ring (bicyclic) bond motifs is 1. The number of nitrogen functional groups attached to an aromatic ring is 1. The van der Waals surface area contributed by atoms with Crippen molar-refractivity contribution in [3.8, 4) is 0 Å². The topological polar surface area (TPSA) is 63.9 Å².